The van der Waals surface area contributed by atoms with E-state index in [-0.39, 0.29) is 5.88 Å². The van der Waals surface area contributed by atoms with Gasteiger partial charge in [-0.15, -0.1) is 11.6 Å². The summed E-state index contributed by atoms with van der Waals surface area (Å²) in [5.41, 5.74) is 3.60. The summed E-state index contributed by atoms with van der Waals surface area (Å²) in [6.45, 7) is 0. The van der Waals surface area contributed by atoms with E-state index >= 15 is 0 Å². The van der Waals surface area contributed by atoms with Crippen LogP contribution in [0.1, 0.15) is 5.56 Å². The zero-order valence-electron chi connectivity index (χ0n) is 9.18. The molecular weight excluding hydrogens is 234 g/mol. The molecule has 0 unspecified atom stereocenters. The third-order valence-corrected chi connectivity index (χ3v) is 2.83. The molecule has 0 aromatic heterocycles. The number of hydrogen-bond acceptors (Lipinski definition) is 2. The van der Waals surface area contributed by atoms with Gasteiger partial charge in [-0.25, -0.2) is 0 Å². The van der Waals surface area contributed by atoms with Crippen LogP contribution in [-0.2, 0) is 0 Å². The van der Waals surface area contributed by atoms with Crippen molar-refractivity contribution in [1.82, 2.24) is 0 Å². The van der Waals surface area contributed by atoms with E-state index < -0.39 is 0 Å². The summed E-state index contributed by atoms with van der Waals surface area (Å²) in [5.74, 6) is 0.196. The van der Waals surface area contributed by atoms with Crippen molar-refractivity contribution in [2.24, 2.45) is 5.16 Å². The normalized spacial score (nSPS) is 11.5. The molecule has 1 N–H and O–H groups in total. The van der Waals surface area contributed by atoms with Crippen LogP contribution in [0, 0.1) is 0 Å². The minimum absolute atomic E-state index is 0.196. The standard InChI is InChI=1S/C14H12ClNO/c15-10-14(16-17)13-8-6-12(7-9-13)11-4-2-1-3-5-11/h1-9,17H,10H2/b16-14+. The Balaban J connectivity index is 2.31. The third kappa shape index (κ3) is 2.66. The van der Waals surface area contributed by atoms with Crippen LogP contribution < -0.4 is 0 Å². The van der Waals surface area contributed by atoms with Gasteiger partial charge < -0.3 is 5.21 Å². The van der Waals surface area contributed by atoms with E-state index in [2.05, 4.69) is 17.3 Å². The summed E-state index contributed by atoms with van der Waals surface area (Å²) >= 11 is 5.67. The van der Waals surface area contributed by atoms with E-state index in [0.717, 1.165) is 16.7 Å². The molecule has 0 bridgehead atoms. The number of oxime groups is 1. The van der Waals surface area contributed by atoms with Crippen molar-refractivity contribution in [3.63, 3.8) is 0 Å². The molecule has 2 nitrogen and oxygen atoms in total. The Bertz CT molecular complexity index is 506. The Morgan fingerprint density at radius 1 is 0.941 bits per heavy atom. The molecule has 0 fully saturated rings. The van der Waals surface area contributed by atoms with Crippen molar-refractivity contribution in [3.8, 4) is 11.1 Å². The fraction of sp³-hybridized carbons (Fsp3) is 0.0714. The fourth-order valence-electron chi connectivity index (χ4n) is 1.65. The van der Waals surface area contributed by atoms with Gasteiger partial charge >= 0.3 is 0 Å². The number of benzene rings is 2. The summed E-state index contributed by atoms with van der Waals surface area (Å²) in [7, 11) is 0. The zero-order chi connectivity index (χ0) is 12.1. The van der Waals surface area contributed by atoms with E-state index in [4.69, 9.17) is 16.8 Å². The minimum Gasteiger partial charge on any atom is -0.411 e. The minimum atomic E-state index is 0.196. The molecule has 2 aromatic carbocycles. The van der Waals surface area contributed by atoms with Crippen molar-refractivity contribution in [2.75, 3.05) is 5.88 Å². The molecular formula is C14H12ClNO. The summed E-state index contributed by atoms with van der Waals surface area (Å²) in [4.78, 5) is 0. The van der Waals surface area contributed by atoms with Crippen molar-refractivity contribution in [3.05, 3.63) is 60.2 Å². The lowest BCUT2D eigenvalue weighted by Gasteiger charge is -2.04. The van der Waals surface area contributed by atoms with Gasteiger partial charge in [0.25, 0.3) is 0 Å². The maximum absolute atomic E-state index is 8.77. The van der Waals surface area contributed by atoms with Crippen LogP contribution in [0.25, 0.3) is 11.1 Å². The highest BCUT2D eigenvalue weighted by Crippen LogP contribution is 2.19. The lowest BCUT2D eigenvalue weighted by atomic mass is 10.0. The maximum Gasteiger partial charge on any atom is 0.101 e. The molecule has 2 rings (SSSR count). The smallest absolute Gasteiger partial charge is 0.101 e. The first-order chi connectivity index (χ1) is 8.35. The van der Waals surface area contributed by atoms with Crippen LogP contribution in [-0.4, -0.2) is 16.8 Å². The Hall–Kier alpha value is -1.80. The van der Waals surface area contributed by atoms with Gasteiger partial charge in [0.05, 0.1) is 5.88 Å². The van der Waals surface area contributed by atoms with Gasteiger partial charge in [0.1, 0.15) is 5.71 Å². The summed E-state index contributed by atoms with van der Waals surface area (Å²) in [6.07, 6.45) is 0. The number of hydrogen-bond donors (Lipinski definition) is 1. The number of nitrogens with zero attached hydrogens (tertiary/aromatic N) is 1. The molecule has 86 valence electrons. The van der Waals surface area contributed by atoms with Crippen molar-refractivity contribution >= 4 is 17.3 Å². The van der Waals surface area contributed by atoms with Gasteiger partial charge in [0.15, 0.2) is 0 Å². The lowest BCUT2D eigenvalue weighted by Crippen LogP contribution is -2.01. The molecule has 0 radical (unpaired) electrons. The fourth-order valence-corrected chi connectivity index (χ4v) is 1.86. The number of alkyl halides is 1. The Kier molecular flexibility index (Phi) is 3.78. The quantitative estimate of drug-likeness (QED) is 0.380. The van der Waals surface area contributed by atoms with Crippen LogP contribution in [0.5, 0.6) is 0 Å². The summed E-state index contributed by atoms with van der Waals surface area (Å²) in [5, 5.41) is 11.9. The Morgan fingerprint density at radius 2 is 1.53 bits per heavy atom. The van der Waals surface area contributed by atoms with E-state index in [9.17, 15) is 0 Å². The highest BCUT2D eigenvalue weighted by molar-refractivity contribution is 6.31. The predicted octanol–water partition coefficient (Wildman–Crippen LogP) is 3.77. The molecule has 0 amide bonds. The first kappa shape index (κ1) is 11.7. The van der Waals surface area contributed by atoms with Crippen LogP contribution in [0.4, 0.5) is 0 Å². The van der Waals surface area contributed by atoms with Crippen LogP contribution in [0.3, 0.4) is 0 Å². The van der Waals surface area contributed by atoms with E-state index in [1.165, 1.54) is 0 Å². The monoisotopic (exact) mass is 245 g/mol. The van der Waals surface area contributed by atoms with Gasteiger partial charge in [0.2, 0.25) is 0 Å². The SMILES string of the molecule is O/N=C(\CCl)c1ccc(-c2ccccc2)cc1. The van der Waals surface area contributed by atoms with Gasteiger partial charge in [0, 0.05) is 5.56 Å². The molecule has 0 aliphatic rings. The van der Waals surface area contributed by atoms with Crippen LogP contribution in [0.15, 0.2) is 59.8 Å². The van der Waals surface area contributed by atoms with Gasteiger partial charge in [-0.2, -0.15) is 0 Å². The molecule has 0 aliphatic heterocycles. The second-order valence-electron chi connectivity index (χ2n) is 3.62. The molecule has 0 spiro atoms. The van der Waals surface area contributed by atoms with E-state index in [1.54, 1.807) is 0 Å². The number of rotatable bonds is 3. The molecule has 2 aromatic rings. The van der Waals surface area contributed by atoms with E-state index in [1.807, 2.05) is 42.5 Å². The lowest BCUT2D eigenvalue weighted by molar-refractivity contribution is 0.319. The largest absolute Gasteiger partial charge is 0.411 e. The molecule has 0 saturated carbocycles. The summed E-state index contributed by atoms with van der Waals surface area (Å²) in [6, 6.07) is 17.9. The van der Waals surface area contributed by atoms with Crippen LogP contribution >= 0.6 is 11.6 Å². The van der Waals surface area contributed by atoms with Crippen molar-refractivity contribution in [2.45, 2.75) is 0 Å². The second-order valence-corrected chi connectivity index (χ2v) is 3.89. The van der Waals surface area contributed by atoms with Gasteiger partial charge in [-0.05, 0) is 11.1 Å². The Morgan fingerprint density at radius 3 is 2.06 bits per heavy atom. The first-order valence-electron chi connectivity index (χ1n) is 5.28. The predicted molar refractivity (Wildman–Crippen MR) is 70.9 cm³/mol. The van der Waals surface area contributed by atoms with Gasteiger partial charge in [-0.3, -0.25) is 0 Å². The average Bonchev–Trinajstić information content (AvgIpc) is 2.42. The average molecular weight is 246 g/mol. The number of halogens is 1. The van der Waals surface area contributed by atoms with Crippen molar-refractivity contribution < 1.29 is 5.21 Å². The molecule has 17 heavy (non-hydrogen) atoms. The molecule has 0 saturated heterocycles. The van der Waals surface area contributed by atoms with E-state index in [0.29, 0.717) is 5.71 Å². The first-order valence-corrected chi connectivity index (χ1v) is 5.81. The highest BCUT2D eigenvalue weighted by atomic mass is 35.5. The molecule has 0 atom stereocenters. The maximum atomic E-state index is 8.77. The third-order valence-electron chi connectivity index (χ3n) is 2.57. The summed E-state index contributed by atoms with van der Waals surface area (Å²) < 4.78 is 0. The topological polar surface area (TPSA) is 32.6 Å². The molecule has 0 aliphatic carbocycles. The van der Waals surface area contributed by atoms with Crippen LogP contribution in [0.2, 0.25) is 0 Å². The second kappa shape index (κ2) is 5.51. The molecule has 0 heterocycles. The zero-order valence-corrected chi connectivity index (χ0v) is 9.93. The van der Waals surface area contributed by atoms with Crippen molar-refractivity contribution in [1.29, 1.82) is 0 Å². The van der Waals surface area contributed by atoms with Gasteiger partial charge in [-0.1, -0.05) is 59.8 Å². The Labute approximate surface area is 105 Å². The molecule has 3 heteroatoms. The highest BCUT2D eigenvalue weighted by Gasteiger charge is 2.03.